The van der Waals surface area contributed by atoms with Gasteiger partial charge in [0.1, 0.15) is 6.10 Å². The molecule has 0 saturated carbocycles. The third-order valence-electron chi connectivity index (χ3n) is 2.32. The molecule has 12 heavy (non-hydrogen) atoms. The molecule has 1 aliphatic heterocycles. The van der Waals surface area contributed by atoms with Crippen molar-refractivity contribution in [3.05, 3.63) is 0 Å². The van der Waals surface area contributed by atoms with Gasteiger partial charge in [0.25, 0.3) is 0 Å². The predicted molar refractivity (Wildman–Crippen MR) is 46.0 cm³/mol. The summed E-state index contributed by atoms with van der Waals surface area (Å²) in [5.74, 6) is 0.459. The second-order valence-electron chi connectivity index (χ2n) is 3.33. The van der Waals surface area contributed by atoms with Gasteiger partial charge in [0.05, 0.1) is 12.7 Å². The van der Waals surface area contributed by atoms with Gasteiger partial charge in [-0.1, -0.05) is 6.92 Å². The Kier molecular flexibility index (Phi) is 3.98. The van der Waals surface area contributed by atoms with Crippen LogP contribution in [0.1, 0.15) is 20.3 Å². The zero-order chi connectivity index (χ0) is 8.97. The Hall–Kier alpha value is -0.120. The van der Waals surface area contributed by atoms with Gasteiger partial charge in [-0.3, -0.25) is 0 Å². The highest BCUT2D eigenvalue weighted by molar-refractivity contribution is 4.79. The molecule has 0 bridgehead atoms. The second-order valence-corrected chi connectivity index (χ2v) is 3.33. The summed E-state index contributed by atoms with van der Waals surface area (Å²) in [7, 11) is 0. The molecule has 3 nitrogen and oxygen atoms in total. The summed E-state index contributed by atoms with van der Waals surface area (Å²) in [5, 5.41) is 9.60. The van der Waals surface area contributed by atoms with E-state index in [1.54, 1.807) is 0 Å². The minimum Gasteiger partial charge on any atom is -0.388 e. The van der Waals surface area contributed by atoms with Crippen LogP contribution in [0, 0.1) is 5.92 Å². The van der Waals surface area contributed by atoms with Crippen LogP contribution in [0.25, 0.3) is 0 Å². The zero-order valence-corrected chi connectivity index (χ0v) is 7.82. The second kappa shape index (κ2) is 4.80. The maximum Gasteiger partial charge on any atom is 0.104 e. The van der Waals surface area contributed by atoms with E-state index in [2.05, 4.69) is 6.92 Å². The fraction of sp³-hybridized carbons (Fsp3) is 1.00. The van der Waals surface area contributed by atoms with Gasteiger partial charge in [0, 0.05) is 13.2 Å². The first-order valence-electron chi connectivity index (χ1n) is 4.63. The molecule has 0 aromatic carbocycles. The molecule has 0 amide bonds. The summed E-state index contributed by atoms with van der Waals surface area (Å²) in [6.45, 7) is 5.84. The lowest BCUT2D eigenvalue weighted by Gasteiger charge is -2.20. The van der Waals surface area contributed by atoms with Crippen LogP contribution in [0.4, 0.5) is 0 Å². The van der Waals surface area contributed by atoms with E-state index in [1.807, 2.05) is 6.92 Å². The lowest BCUT2D eigenvalue weighted by molar-refractivity contribution is -0.0569. The minimum absolute atomic E-state index is 0.0171. The maximum atomic E-state index is 9.60. The fourth-order valence-corrected chi connectivity index (χ4v) is 1.54. The van der Waals surface area contributed by atoms with Gasteiger partial charge in [-0.2, -0.15) is 0 Å². The van der Waals surface area contributed by atoms with Crippen LogP contribution in [0.3, 0.4) is 0 Å². The molecule has 1 saturated heterocycles. The van der Waals surface area contributed by atoms with Gasteiger partial charge >= 0.3 is 0 Å². The average molecular weight is 174 g/mol. The van der Waals surface area contributed by atoms with E-state index >= 15 is 0 Å². The Labute approximate surface area is 73.7 Å². The first kappa shape index (κ1) is 9.96. The van der Waals surface area contributed by atoms with Crippen molar-refractivity contribution in [3.63, 3.8) is 0 Å². The number of ether oxygens (including phenoxy) is 2. The number of rotatable bonds is 4. The van der Waals surface area contributed by atoms with Crippen molar-refractivity contribution in [1.82, 2.24) is 0 Å². The lowest BCUT2D eigenvalue weighted by Crippen LogP contribution is -2.33. The highest BCUT2D eigenvalue weighted by Crippen LogP contribution is 2.22. The minimum atomic E-state index is -0.456. The van der Waals surface area contributed by atoms with Gasteiger partial charge < -0.3 is 14.6 Å². The molecular formula is C9H18O3. The molecule has 0 aliphatic carbocycles. The van der Waals surface area contributed by atoms with Crippen molar-refractivity contribution in [3.8, 4) is 0 Å². The molecule has 3 unspecified atom stereocenters. The predicted octanol–water partition coefficient (Wildman–Crippen LogP) is 0.809. The SMILES string of the molecule is CCOCC(O)C1OCCC1C. The summed E-state index contributed by atoms with van der Waals surface area (Å²) in [4.78, 5) is 0. The van der Waals surface area contributed by atoms with Crippen molar-refractivity contribution >= 4 is 0 Å². The molecule has 1 heterocycles. The topological polar surface area (TPSA) is 38.7 Å². The number of hydrogen-bond donors (Lipinski definition) is 1. The van der Waals surface area contributed by atoms with E-state index in [9.17, 15) is 5.11 Å². The molecule has 0 aromatic heterocycles. The molecule has 0 spiro atoms. The molecular weight excluding hydrogens is 156 g/mol. The highest BCUT2D eigenvalue weighted by atomic mass is 16.5. The zero-order valence-electron chi connectivity index (χ0n) is 7.82. The smallest absolute Gasteiger partial charge is 0.104 e. The summed E-state index contributed by atoms with van der Waals surface area (Å²) in [5.41, 5.74) is 0. The van der Waals surface area contributed by atoms with Crippen LogP contribution in [-0.4, -0.2) is 37.1 Å². The van der Waals surface area contributed by atoms with E-state index < -0.39 is 6.10 Å². The van der Waals surface area contributed by atoms with Crippen molar-refractivity contribution in [2.45, 2.75) is 32.5 Å². The van der Waals surface area contributed by atoms with Gasteiger partial charge in [0.15, 0.2) is 0 Å². The summed E-state index contributed by atoms with van der Waals surface area (Å²) in [6.07, 6.45) is 0.576. The summed E-state index contributed by atoms with van der Waals surface area (Å²) >= 11 is 0. The maximum absolute atomic E-state index is 9.60. The van der Waals surface area contributed by atoms with E-state index in [0.29, 0.717) is 19.1 Å². The normalized spacial score (nSPS) is 32.2. The van der Waals surface area contributed by atoms with Gasteiger partial charge in [0.2, 0.25) is 0 Å². The highest BCUT2D eigenvalue weighted by Gasteiger charge is 2.30. The van der Waals surface area contributed by atoms with Crippen molar-refractivity contribution < 1.29 is 14.6 Å². The molecule has 0 aromatic rings. The largest absolute Gasteiger partial charge is 0.388 e. The summed E-state index contributed by atoms with van der Waals surface area (Å²) in [6, 6.07) is 0. The third-order valence-corrected chi connectivity index (χ3v) is 2.32. The Bertz CT molecular complexity index is 127. The van der Waals surface area contributed by atoms with E-state index in [1.165, 1.54) is 0 Å². The number of hydrogen-bond acceptors (Lipinski definition) is 3. The Balaban J connectivity index is 2.25. The molecule has 3 atom stereocenters. The van der Waals surface area contributed by atoms with Crippen LogP contribution in [-0.2, 0) is 9.47 Å². The van der Waals surface area contributed by atoms with E-state index in [4.69, 9.17) is 9.47 Å². The molecule has 1 aliphatic rings. The average Bonchev–Trinajstić information content (AvgIpc) is 2.47. The van der Waals surface area contributed by atoms with Crippen molar-refractivity contribution in [2.24, 2.45) is 5.92 Å². The molecule has 3 heteroatoms. The Morgan fingerprint density at radius 3 is 2.92 bits per heavy atom. The van der Waals surface area contributed by atoms with Crippen LogP contribution in [0.2, 0.25) is 0 Å². The molecule has 72 valence electrons. The van der Waals surface area contributed by atoms with Crippen molar-refractivity contribution in [1.29, 1.82) is 0 Å². The van der Waals surface area contributed by atoms with Gasteiger partial charge in [-0.25, -0.2) is 0 Å². The van der Waals surface area contributed by atoms with Gasteiger partial charge in [-0.15, -0.1) is 0 Å². The van der Waals surface area contributed by atoms with Crippen LogP contribution >= 0.6 is 0 Å². The van der Waals surface area contributed by atoms with E-state index in [0.717, 1.165) is 13.0 Å². The molecule has 0 radical (unpaired) electrons. The number of aliphatic hydroxyl groups is 1. The van der Waals surface area contributed by atoms with Crippen molar-refractivity contribution in [2.75, 3.05) is 19.8 Å². The monoisotopic (exact) mass is 174 g/mol. The molecule has 1 N–H and O–H groups in total. The third kappa shape index (κ3) is 2.44. The Morgan fingerprint density at radius 2 is 2.42 bits per heavy atom. The molecule has 1 rings (SSSR count). The quantitative estimate of drug-likeness (QED) is 0.685. The first-order chi connectivity index (χ1) is 5.75. The first-order valence-corrected chi connectivity index (χ1v) is 4.63. The summed E-state index contributed by atoms with van der Waals surface area (Å²) < 4.78 is 10.5. The van der Waals surface area contributed by atoms with Crippen LogP contribution in [0.5, 0.6) is 0 Å². The van der Waals surface area contributed by atoms with Gasteiger partial charge in [-0.05, 0) is 19.3 Å². The van der Waals surface area contributed by atoms with E-state index in [-0.39, 0.29) is 6.10 Å². The Morgan fingerprint density at radius 1 is 1.67 bits per heavy atom. The van der Waals surface area contributed by atoms with Crippen LogP contribution in [0.15, 0.2) is 0 Å². The molecule has 1 fully saturated rings. The fourth-order valence-electron chi connectivity index (χ4n) is 1.54. The number of aliphatic hydroxyl groups excluding tert-OH is 1. The van der Waals surface area contributed by atoms with Crippen LogP contribution < -0.4 is 0 Å². The lowest BCUT2D eigenvalue weighted by atomic mass is 10.00. The standard InChI is InChI=1S/C9H18O3/c1-3-11-6-8(10)9-7(2)4-5-12-9/h7-10H,3-6H2,1-2H3.